The lowest BCUT2D eigenvalue weighted by molar-refractivity contribution is -0.0508. The van der Waals surface area contributed by atoms with Crippen LogP contribution in [0.4, 0.5) is 0 Å². The van der Waals surface area contributed by atoms with E-state index >= 15 is 0 Å². The standard InChI is InChI=1S/C12H25N3O2/c1-12(17-2)7-5-9-15(10-12)8-4-3-6-11(13)14-16/h16H,3-10H2,1-2H3,(H2,13,14). The van der Waals surface area contributed by atoms with E-state index in [1.165, 1.54) is 6.42 Å². The number of oxime groups is 1. The third-order valence-corrected chi connectivity index (χ3v) is 3.52. The minimum absolute atomic E-state index is 0.0177. The van der Waals surface area contributed by atoms with Crippen molar-refractivity contribution in [1.82, 2.24) is 4.90 Å². The molecule has 100 valence electrons. The number of nitrogens with zero attached hydrogens (tertiary/aromatic N) is 2. The zero-order valence-corrected chi connectivity index (χ0v) is 11.0. The molecule has 1 fully saturated rings. The van der Waals surface area contributed by atoms with Gasteiger partial charge in [-0.25, -0.2) is 0 Å². The number of hydrogen-bond acceptors (Lipinski definition) is 4. The van der Waals surface area contributed by atoms with Crippen molar-refractivity contribution in [1.29, 1.82) is 0 Å². The van der Waals surface area contributed by atoms with Gasteiger partial charge in [0.1, 0.15) is 5.84 Å². The molecular formula is C12H25N3O2. The molecule has 0 aromatic rings. The number of rotatable bonds is 6. The molecule has 0 bridgehead atoms. The van der Waals surface area contributed by atoms with Crippen molar-refractivity contribution >= 4 is 5.84 Å². The van der Waals surface area contributed by atoms with Gasteiger partial charge in [-0.1, -0.05) is 5.16 Å². The van der Waals surface area contributed by atoms with Gasteiger partial charge in [0.15, 0.2) is 0 Å². The van der Waals surface area contributed by atoms with E-state index in [2.05, 4.69) is 17.0 Å². The van der Waals surface area contributed by atoms with Crippen molar-refractivity contribution < 1.29 is 9.94 Å². The fourth-order valence-corrected chi connectivity index (χ4v) is 2.36. The fraction of sp³-hybridized carbons (Fsp3) is 0.917. The highest BCUT2D eigenvalue weighted by Crippen LogP contribution is 2.23. The molecule has 0 spiro atoms. The van der Waals surface area contributed by atoms with E-state index in [0.29, 0.717) is 12.3 Å². The second-order valence-corrected chi connectivity index (χ2v) is 5.08. The molecule has 1 rings (SSSR count). The molecule has 0 amide bonds. The monoisotopic (exact) mass is 243 g/mol. The van der Waals surface area contributed by atoms with Gasteiger partial charge in [0.05, 0.1) is 5.60 Å². The summed E-state index contributed by atoms with van der Waals surface area (Å²) in [4.78, 5) is 2.44. The molecular weight excluding hydrogens is 218 g/mol. The van der Waals surface area contributed by atoms with E-state index in [1.807, 2.05) is 0 Å². The third-order valence-electron chi connectivity index (χ3n) is 3.52. The zero-order chi connectivity index (χ0) is 12.7. The SMILES string of the molecule is COC1(C)CCCN(CCCCC(N)=NO)C1. The molecule has 1 atom stereocenters. The lowest BCUT2D eigenvalue weighted by Crippen LogP contribution is -2.47. The second-order valence-electron chi connectivity index (χ2n) is 5.08. The Hall–Kier alpha value is -0.810. The molecule has 0 saturated carbocycles. The van der Waals surface area contributed by atoms with Crippen LogP contribution in [-0.4, -0.2) is 48.3 Å². The van der Waals surface area contributed by atoms with Crippen LogP contribution in [-0.2, 0) is 4.74 Å². The van der Waals surface area contributed by atoms with E-state index in [4.69, 9.17) is 15.7 Å². The summed E-state index contributed by atoms with van der Waals surface area (Å²) in [6, 6.07) is 0. The van der Waals surface area contributed by atoms with Crippen LogP contribution < -0.4 is 5.73 Å². The third kappa shape index (κ3) is 4.91. The van der Waals surface area contributed by atoms with Gasteiger partial charge < -0.3 is 20.6 Å². The minimum atomic E-state index is 0.0177. The average molecular weight is 243 g/mol. The first-order valence-electron chi connectivity index (χ1n) is 6.33. The summed E-state index contributed by atoms with van der Waals surface area (Å²) < 4.78 is 5.56. The summed E-state index contributed by atoms with van der Waals surface area (Å²) in [5.74, 6) is 0.324. The topological polar surface area (TPSA) is 71.1 Å². The molecule has 5 nitrogen and oxygen atoms in total. The van der Waals surface area contributed by atoms with Crippen molar-refractivity contribution in [2.24, 2.45) is 10.9 Å². The van der Waals surface area contributed by atoms with Crippen molar-refractivity contribution in [3.8, 4) is 0 Å². The van der Waals surface area contributed by atoms with Crippen LogP contribution in [0.15, 0.2) is 5.16 Å². The lowest BCUT2D eigenvalue weighted by Gasteiger charge is -2.39. The van der Waals surface area contributed by atoms with Crippen molar-refractivity contribution in [3.05, 3.63) is 0 Å². The summed E-state index contributed by atoms with van der Waals surface area (Å²) in [6.45, 7) is 5.41. The molecule has 0 radical (unpaired) electrons. The van der Waals surface area contributed by atoms with Gasteiger partial charge in [-0.05, 0) is 45.7 Å². The molecule has 0 aromatic heterocycles. The van der Waals surface area contributed by atoms with E-state index in [0.717, 1.165) is 38.9 Å². The molecule has 5 heteroatoms. The Labute approximate surface area is 104 Å². The molecule has 1 aliphatic rings. The fourth-order valence-electron chi connectivity index (χ4n) is 2.36. The van der Waals surface area contributed by atoms with Crippen LogP contribution in [0.5, 0.6) is 0 Å². The summed E-state index contributed by atoms with van der Waals surface area (Å²) in [7, 11) is 1.79. The van der Waals surface area contributed by atoms with Crippen molar-refractivity contribution in [2.75, 3.05) is 26.7 Å². The van der Waals surface area contributed by atoms with E-state index in [1.54, 1.807) is 7.11 Å². The molecule has 3 N–H and O–H groups in total. The van der Waals surface area contributed by atoms with Crippen LogP contribution >= 0.6 is 0 Å². The van der Waals surface area contributed by atoms with E-state index in [9.17, 15) is 0 Å². The first-order chi connectivity index (χ1) is 8.09. The van der Waals surface area contributed by atoms with Gasteiger partial charge >= 0.3 is 0 Å². The van der Waals surface area contributed by atoms with Crippen molar-refractivity contribution in [3.63, 3.8) is 0 Å². The number of methoxy groups -OCH3 is 1. The largest absolute Gasteiger partial charge is 0.409 e. The normalized spacial score (nSPS) is 27.3. The molecule has 0 aromatic carbocycles. The van der Waals surface area contributed by atoms with Crippen LogP contribution in [0.25, 0.3) is 0 Å². The first kappa shape index (κ1) is 14.3. The zero-order valence-electron chi connectivity index (χ0n) is 11.0. The van der Waals surface area contributed by atoms with Crippen LogP contribution in [0.3, 0.4) is 0 Å². The minimum Gasteiger partial charge on any atom is -0.409 e. The summed E-state index contributed by atoms with van der Waals surface area (Å²) >= 11 is 0. The van der Waals surface area contributed by atoms with Gasteiger partial charge in [-0.2, -0.15) is 0 Å². The Kier molecular flexibility index (Phi) is 5.71. The Morgan fingerprint density at radius 2 is 2.29 bits per heavy atom. The van der Waals surface area contributed by atoms with E-state index < -0.39 is 0 Å². The van der Waals surface area contributed by atoms with Gasteiger partial charge in [0, 0.05) is 20.1 Å². The smallest absolute Gasteiger partial charge is 0.139 e. The quantitative estimate of drug-likeness (QED) is 0.243. The molecule has 1 saturated heterocycles. The van der Waals surface area contributed by atoms with Gasteiger partial charge in [0.25, 0.3) is 0 Å². The number of hydrogen-bond donors (Lipinski definition) is 2. The summed E-state index contributed by atoms with van der Waals surface area (Å²) in [6.07, 6.45) is 5.06. The molecule has 17 heavy (non-hydrogen) atoms. The molecule has 0 aliphatic carbocycles. The number of nitrogens with two attached hydrogens (primary N) is 1. The number of piperidine rings is 1. The highest BCUT2D eigenvalue weighted by Gasteiger charge is 2.30. The predicted octanol–water partition coefficient (Wildman–Crippen LogP) is 1.40. The number of amidine groups is 1. The van der Waals surface area contributed by atoms with Crippen LogP contribution in [0, 0.1) is 0 Å². The number of likely N-dealkylation sites (tertiary alicyclic amines) is 1. The predicted molar refractivity (Wildman–Crippen MR) is 68.3 cm³/mol. The van der Waals surface area contributed by atoms with Crippen LogP contribution in [0.2, 0.25) is 0 Å². The first-order valence-corrected chi connectivity index (χ1v) is 6.33. The summed E-state index contributed by atoms with van der Waals surface area (Å²) in [5, 5.41) is 11.4. The molecule has 1 aliphatic heterocycles. The Bertz CT molecular complexity index is 258. The number of unbranched alkanes of at least 4 members (excludes halogenated alkanes) is 1. The molecule has 1 heterocycles. The van der Waals surface area contributed by atoms with Crippen molar-refractivity contribution in [2.45, 2.75) is 44.6 Å². The lowest BCUT2D eigenvalue weighted by atomic mass is 9.94. The van der Waals surface area contributed by atoms with Gasteiger partial charge in [0.2, 0.25) is 0 Å². The van der Waals surface area contributed by atoms with E-state index in [-0.39, 0.29) is 5.60 Å². The maximum atomic E-state index is 8.42. The van der Waals surface area contributed by atoms with Gasteiger partial charge in [-0.3, -0.25) is 0 Å². The Balaban J connectivity index is 2.19. The van der Waals surface area contributed by atoms with Crippen LogP contribution in [0.1, 0.15) is 39.0 Å². The summed E-state index contributed by atoms with van der Waals surface area (Å²) in [5.41, 5.74) is 5.44. The average Bonchev–Trinajstić information content (AvgIpc) is 2.34. The highest BCUT2D eigenvalue weighted by atomic mass is 16.5. The highest BCUT2D eigenvalue weighted by molar-refractivity contribution is 5.79. The number of ether oxygens (including phenoxy) is 1. The Morgan fingerprint density at radius 3 is 2.94 bits per heavy atom. The Morgan fingerprint density at radius 1 is 1.53 bits per heavy atom. The maximum absolute atomic E-state index is 8.42. The molecule has 1 unspecified atom stereocenters. The maximum Gasteiger partial charge on any atom is 0.139 e. The van der Waals surface area contributed by atoms with Gasteiger partial charge in [-0.15, -0.1) is 0 Å². The second kappa shape index (κ2) is 6.81.